The quantitative estimate of drug-likeness (QED) is 0.0970. The Morgan fingerprint density at radius 1 is 0.829 bits per heavy atom. The number of esters is 1. The van der Waals surface area contributed by atoms with Gasteiger partial charge in [0.05, 0.1) is 9.93 Å². The SMILES string of the molecule is O=C(CCCCc1ccccc1)Oc1ccc(/C=C2\SC(=O)NC2=O)cc1Cl.O=C(O)CCCCc1ccccc1. The number of ether oxygens (including phenoxy) is 1. The van der Waals surface area contributed by atoms with E-state index < -0.39 is 17.1 Å². The first-order valence-corrected chi connectivity index (χ1v) is 14.5. The number of carbonyl (C=O) groups is 4. The first-order valence-electron chi connectivity index (χ1n) is 13.3. The van der Waals surface area contributed by atoms with E-state index in [1.54, 1.807) is 24.3 Å². The third-order valence-electron chi connectivity index (χ3n) is 6.01. The number of thioether (sulfide) groups is 1. The van der Waals surface area contributed by atoms with Crippen LogP contribution < -0.4 is 10.1 Å². The molecule has 0 saturated carbocycles. The van der Waals surface area contributed by atoms with Crippen molar-refractivity contribution >= 4 is 52.5 Å². The van der Waals surface area contributed by atoms with Crippen LogP contribution in [0.25, 0.3) is 6.08 Å². The van der Waals surface area contributed by atoms with Crippen molar-refractivity contribution in [1.82, 2.24) is 5.32 Å². The Morgan fingerprint density at radius 3 is 1.93 bits per heavy atom. The number of aryl methyl sites for hydroxylation is 2. The molecule has 0 unspecified atom stereocenters. The van der Waals surface area contributed by atoms with Gasteiger partial charge in [-0.05, 0) is 85.2 Å². The number of rotatable bonds is 12. The molecule has 41 heavy (non-hydrogen) atoms. The highest BCUT2D eigenvalue weighted by Gasteiger charge is 2.25. The molecule has 2 amide bonds. The largest absolute Gasteiger partial charge is 0.481 e. The minimum Gasteiger partial charge on any atom is -0.481 e. The highest BCUT2D eigenvalue weighted by molar-refractivity contribution is 8.18. The zero-order valence-electron chi connectivity index (χ0n) is 22.5. The van der Waals surface area contributed by atoms with Gasteiger partial charge in [-0.15, -0.1) is 0 Å². The van der Waals surface area contributed by atoms with Gasteiger partial charge in [-0.25, -0.2) is 0 Å². The minimum atomic E-state index is -0.701. The molecular formula is C32H32ClNO6S. The van der Waals surface area contributed by atoms with Gasteiger partial charge < -0.3 is 9.84 Å². The van der Waals surface area contributed by atoms with Crippen LogP contribution in [-0.2, 0) is 27.2 Å². The van der Waals surface area contributed by atoms with Crippen LogP contribution in [0.4, 0.5) is 4.79 Å². The molecule has 0 bridgehead atoms. The molecule has 0 spiro atoms. The number of hydrogen-bond donors (Lipinski definition) is 2. The molecule has 7 nitrogen and oxygen atoms in total. The lowest BCUT2D eigenvalue weighted by molar-refractivity contribution is -0.137. The lowest BCUT2D eigenvalue weighted by Crippen LogP contribution is -2.17. The summed E-state index contributed by atoms with van der Waals surface area (Å²) in [5, 5.41) is 10.5. The van der Waals surface area contributed by atoms with Crippen LogP contribution in [0.2, 0.25) is 5.02 Å². The smallest absolute Gasteiger partial charge is 0.311 e. The van der Waals surface area contributed by atoms with E-state index in [-0.39, 0.29) is 23.2 Å². The van der Waals surface area contributed by atoms with Gasteiger partial charge in [-0.3, -0.25) is 24.5 Å². The number of hydrogen-bond acceptors (Lipinski definition) is 6. The predicted molar refractivity (Wildman–Crippen MR) is 162 cm³/mol. The van der Waals surface area contributed by atoms with E-state index in [2.05, 4.69) is 29.6 Å². The Morgan fingerprint density at radius 2 is 1.41 bits per heavy atom. The van der Waals surface area contributed by atoms with Crippen molar-refractivity contribution in [2.24, 2.45) is 0 Å². The van der Waals surface area contributed by atoms with Gasteiger partial charge in [0.15, 0.2) is 0 Å². The van der Waals surface area contributed by atoms with E-state index in [0.29, 0.717) is 16.9 Å². The third-order valence-corrected chi connectivity index (χ3v) is 7.11. The van der Waals surface area contributed by atoms with Crippen LogP contribution in [0.1, 0.15) is 55.2 Å². The fourth-order valence-corrected chi connectivity index (χ4v) is 4.84. The number of benzene rings is 3. The fraction of sp³-hybridized carbons (Fsp3) is 0.250. The van der Waals surface area contributed by atoms with E-state index in [0.717, 1.165) is 50.3 Å². The molecule has 214 valence electrons. The number of carboxylic acids is 1. The van der Waals surface area contributed by atoms with Gasteiger partial charge in [-0.2, -0.15) is 0 Å². The number of carbonyl (C=O) groups excluding carboxylic acids is 3. The number of halogens is 1. The van der Waals surface area contributed by atoms with Crippen molar-refractivity contribution in [3.05, 3.63) is 105 Å². The Bertz CT molecular complexity index is 1360. The van der Waals surface area contributed by atoms with E-state index in [1.807, 2.05) is 36.4 Å². The second-order valence-electron chi connectivity index (χ2n) is 9.30. The van der Waals surface area contributed by atoms with Crippen LogP contribution in [0.3, 0.4) is 0 Å². The number of aliphatic carboxylic acids is 1. The zero-order chi connectivity index (χ0) is 29.5. The molecule has 3 aromatic rings. The van der Waals surface area contributed by atoms with Crippen molar-refractivity contribution < 1.29 is 29.0 Å². The Labute approximate surface area is 248 Å². The molecule has 1 aliphatic rings. The van der Waals surface area contributed by atoms with Gasteiger partial charge in [0.2, 0.25) is 0 Å². The summed E-state index contributed by atoms with van der Waals surface area (Å²) in [6, 6.07) is 25.1. The molecule has 2 N–H and O–H groups in total. The number of nitrogens with one attached hydrogen (secondary N) is 1. The maximum Gasteiger partial charge on any atom is 0.311 e. The number of carboxylic acid groups (broad SMARTS) is 1. The summed E-state index contributed by atoms with van der Waals surface area (Å²) in [5.41, 5.74) is 3.17. The average Bonchev–Trinajstić information content (AvgIpc) is 3.28. The van der Waals surface area contributed by atoms with Crippen molar-refractivity contribution in [3.8, 4) is 5.75 Å². The molecule has 1 saturated heterocycles. The summed E-state index contributed by atoms with van der Waals surface area (Å²) in [6.07, 6.45) is 7.42. The molecule has 0 aromatic heterocycles. The molecule has 0 atom stereocenters. The Hall–Kier alpha value is -3.88. The summed E-state index contributed by atoms with van der Waals surface area (Å²) >= 11 is 7.02. The maximum atomic E-state index is 12.0. The van der Waals surface area contributed by atoms with Gasteiger partial charge in [0, 0.05) is 12.8 Å². The molecule has 9 heteroatoms. The van der Waals surface area contributed by atoms with Crippen molar-refractivity contribution in [2.45, 2.75) is 51.4 Å². The molecule has 3 aromatic carbocycles. The molecule has 4 rings (SSSR count). The highest BCUT2D eigenvalue weighted by Crippen LogP contribution is 2.30. The monoisotopic (exact) mass is 593 g/mol. The van der Waals surface area contributed by atoms with Crippen LogP contribution in [-0.4, -0.2) is 28.2 Å². The summed E-state index contributed by atoms with van der Waals surface area (Å²) in [4.78, 5) is 45.3. The van der Waals surface area contributed by atoms with Crippen LogP contribution in [0, 0.1) is 0 Å². The topological polar surface area (TPSA) is 110 Å². The molecule has 1 fully saturated rings. The second-order valence-corrected chi connectivity index (χ2v) is 10.7. The van der Waals surface area contributed by atoms with Gasteiger partial charge in [0.1, 0.15) is 5.75 Å². The Kier molecular flexibility index (Phi) is 13.2. The molecule has 1 aliphatic heterocycles. The fourth-order valence-electron chi connectivity index (χ4n) is 3.93. The Balaban J connectivity index is 0.000000298. The van der Waals surface area contributed by atoms with Crippen molar-refractivity contribution in [2.75, 3.05) is 0 Å². The van der Waals surface area contributed by atoms with Gasteiger partial charge in [-0.1, -0.05) is 78.3 Å². The normalized spacial score (nSPS) is 13.3. The summed E-state index contributed by atoms with van der Waals surface area (Å²) in [7, 11) is 0. The first kappa shape index (κ1) is 31.6. The lowest BCUT2D eigenvalue weighted by atomic mass is 10.1. The highest BCUT2D eigenvalue weighted by atomic mass is 35.5. The number of unbranched alkanes of at least 4 members (excludes halogenated alkanes) is 2. The maximum absolute atomic E-state index is 12.0. The van der Waals surface area contributed by atoms with E-state index in [4.69, 9.17) is 21.4 Å². The standard InChI is InChI=1S/C21H18ClNO4S.C11H14O2/c22-16-12-15(13-18-20(25)23-21(26)28-18)10-11-17(16)27-19(24)9-5-4-8-14-6-2-1-3-7-14;12-11(13)9-5-4-8-10-6-2-1-3-7-10/h1-3,6-7,10-13H,4-5,8-9H2,(H,23,25,26);1-3,6-7H,4-5,8-9H2,(H,12,13)/b18-13-;. The van der Waals surface area contributed by atoms with Crippen molar-refractivity contribution in [1.29, 1.82) is 0 Å². The molecule has 1 heterocycles. The predicted octanol–water partition coefficient (Wildman–Crippen LogP) is 7.47. The van der Waals surface area contributed by atoms with Gasteiger partial charge >= 0.3 is 11.9 Å². The number of amides is 2. The number of imide groups is 1. The van der Waals surface area contributed by atoms with Gasteiger partial charge in [0.25, 0.3) is 11.1 Å². The average molecular weight is 594 g/mol. The zero-order valence-corrected chi connectivity index (χ0v) is 24.1. The lowest BCUT2D eigenvalue weighted by Gasteiger charge is -2.07. The van der Waals surface area contributed by atoms with Crippen LogP contribution >= 0.6 is 23.4 Å². The van der Waals surface area contributed by atoms with Crippen LogP contribution in [0.5, 0.6) is 5.75 Å². The third kappa shape index (κ3) is 12.0. The van der Waals surface area contributed by atoms with Crippen molar-refractivity contribution in [3.63, 3.8) is 0 Å². The first-order chi connectivity index (χ1) is 19.8. The van der Waals surface area contributed by atoms with Crippen LogP contribution in [0.15, 0.2) is 83.8 Å². The van der Waals surface area contributed by atoms with E-state index in [9.17, 15) is 19.2 Å². The van der Waals surface area contributed by atoms with E-state index >= 15 is 0 Å². The second kappa shape index (κ2) is 17.0. The minimum absolute atomic E-state index is 0.265. The molecule has 0 aliphatic carbocycles. The summed E-state index contributed by atoms with van der Waals surface area (Å²) < 4.78 is 5.33. The van der Waals surface area contributed by atoms with E-state index in [1.165, 1.54) is 11.1 Å². The molecule has 0 radical (unpaired) electrons. The summed E-state index contributed by atoms with van der Waals surface area (Å²) in [6.45, 7) is 0. The molecular weight excluding hydrogens is 562 g/mol. The summed E-state index contributed by atoms with van der Waals surface area (Å²) in [5.74, 6) is -1.20.